The Balaban J connectivity index is 2.17. The number of anilines is 1. The third kappa shape index (κ3) is 2.52. The third-order valence-corrected chi connectivity index (χ3v) is 2.53. The van der Waals surface area contributed by atoms with E-state index in [-0.39, 0.29) is 6.04 Å². The first-order valence-corrected chi connectivity index (χ1v) is 5.28. The molecule has 1 atom stereocenters. The minimum absolute atomic E-state index is 0.126. The number of tetrazole rings is 1. The van der Waals surface area contributed by atoms with Crippen LogP contribution < -0.4 is 5.32 Å². The van der Waals surface area contributed by atoms with E-state index in [9.17, 15) is 0 Å². The highest BCUT2D eigenvalue weighted by Gasteiger charge is 2.11. The highest BCUT2D eigenvalue weighted by molar-refractivity contribution is 6.33. The summed E-state index contributed by atoms with van der Waals surface area (Å²) < 4.78 is 0. The molecule has 0 saturated heterocycles. The average Bonchev–Trinajstić information content (AvgIpc) is 2.85. The number of hydrogen-bond donors (Lipinski definition) is 2. The number of aromatic nitrogens is 4. The standard InChI is InChI=1S/C10H9ClN6/c1-6(10-14-16-17-15-10)13-9-3-2-7(5-12)4-8(9)11/h2-4,6,13H,1H3,(H,14,15,16,17). The van der Waals surface area contributed by atoms with Gasteiger partial charge in [-0.2, -0.15) is 10.5 Å². The number of hydrogen-bond acceptors (Lipinski definition) is 5. The second kappa shape index (κ2) is 4.80. The van der Waals surface area contributed by atoms with Gasteiger partial charge in [-0.25, -0.2) is 0 Å². The van der Waals surface area contributed by atoms with Crippen LogP contribution in [0.5, 0.6) is 0 Å². The summed E-state index contributed by atoms with van der Waals surface area (Å²) in [6, 6.07) is 6.94. The van der Waals surface area contributed by atoms with Crippen molar-refractivity contribution in [3.05, 3.63) is 34.6 Å². The molecule has 0 amide bonds. The molecule has 0 bridgehead atoms. The number of aromatic amines is 1. The Morgan fingerprint density at radius 1 is 1.53 bits per heavy atom. The molecule has 2 aromatic rings. The summed E-state index contributed by atoms with van der Waals surface area (Å²) >= 11 is 6.04. The summed E-state index contributed by atoms with van der Waals surface area (Å²) in [6.07, 6.45) is 0. The van der Waals surface area contributed by atoms with Crippen LogP contribution in [0, 0.1) is 11.3 Å². The van der Waals surface area contributed by atoms with Crippen molar-refractivity contribution in [2.24, 2.45) is 0 Å². The van der Waals surface area contributed by atoms with Gasteiger partial charge >= 0.3 is 0 Å². The Bertz CT molecular complexity index is 544. The molecule has 1 aromatic carbocycles. The Labute approximate surface area is 103 Å². The molecular formula is C10H9ClN6. The lowest BCUT2D eigenvalue weighted by Crippen LogP contribution is -2.09. The molecular weight excluding hydrogens is 240 g/mol. The molecule has 2 rings (SSSR count). The molecule has 1 heterocycles. The average molecular weight is 249 g/mol. The molecule has 7 heteroatoms. The van der Waals surface area contributed by atoms with Crippen LogP contribution >= 0.6 is 11.6 Å². The lowest BCUT2D eigenvalue weighted by atomic mass is 10.2. The minimum Gasteiger partial charge on any atom is -0.374 e. The largest absolute Gasteiger partial charge is 0.374 e. The Hall–Kier alpha value is -2.13. The predicted octanol–water partition coefficient (Wildman–Crippen LogP) is 1.90. The summed E-state index contributed by atoms with van der Waals surface area (Å²) in [4.78, 5) is 0. The van der Waals surface area contributed by atoms with Crippen LogP contribution in [0.2, 0.25) is 5.02 Å². The van der Waals surface area contributed by atoms with Crippen LogP contribution in [0.15, 0.2) is 18.2 Å². The van der Waals surface area contributed by atoms with Gasteiger partial charge in [0, 0.05) is 0 Å². The Morgan fingerprint density at radius 3 is 2.94 bits per heavy atom. The molecule has 1 aromatic heterocycles. The van der Waals surface area contributed by atoms with E-state index in [0.717, 1.165) is 5.69 Å². The van der Waals surface area contributed by atoms with Gasteiger partial charge in [-0.05, 0) is 25.1 Å². The number of H-pyrrole nitrogens is 1. The maximum absolute atomic E-state index is 8.72. The van der Waals surface area contributed by atoms with Gasteiger partial charge in [0.2, 0.25) is 0 Å². The number of halogens is 1. The summed E-state index contributed by atoms with van der Waals surface area (Å²) in [5.74, 6) is 0.547. The maximum Gasteiger partial charge on any atom is 0.196 e. The van der Waals surface area contributed by atoms with E-state index < -0.39 is 0 Å². The van der Waals surface area contributed by atoms with Gasteiger partial charge in [-0.3, -0.25) is 0 Å². The predicted molar refractivity (Wildman–Crippen MR) is 62.4 cm³/mol. The molecule has 0 aliphatic rings. The van der Waals surface area contributed by atoms with E-state index in [1.54, 1.807) is 18.2 Å². The van der Waals surface area contributed by atoms with E-state index in [0.29, 0.717) is 16.4 Å². The summed E-state index contributed by atoms with van der Waals surface area (Å²) in [6.45, 7) is 1.89. The molecule has 2 N–H and O–H groups in total. The Morgan fingerprint density at radius 2 is 2.35 bits per heavy atom. The van der Waals surface area contributed by atoms with Gasteiger partial charge in [0.1, 0.15) is 0 Å². The van der Waals surface area contributed by atoms with Gasteiger partial charge in [-0.15, -0.1) is 10.2 Å². The molecule has 86 valence electrons. The normalized spacial score (nSPS) is 11.8. The maximum atomic E-state index is 8.72. The zero-order valence-corrected chi connectivity index (χ0v) is 9.73. The monoisotopic (exact) mass is 248 g/mol. The van der Waals surface area contributed by atoms with Gasteiger partial charge in [0.25, 0.3) is 0 Å². The second-order valence-electron chi connectivity index (χ2n) is 3.44. The SMILES string of the molecule is CC(Nc1ccc(C#N)cc1Cl)c1nn[nH]n1. The smallest absolute Gasteiger partial charge is 0.196 e. The molecule has 0 radical (unpaired) electrons. The van der Waals surface area contributed by atoms with Crippen molar-refractivity contribution in [2.75, 3.05) is 5.32 Å². The Kier molecular flexibility index (Phi) is 3.21. The van der Waals surface area contributed by atoms with Crippen molar-refractivity contribution < 1.29 is 0 Å². The molecule has 0 fully saturated rings. The lowest BCUT2D eigenvalue weighted by Gasteiger charge is -2.12. The fraction of sp³-hybridized carbons (Fsp3) is 0.200. The number of nitrogens with zero attached hydrogens (tertiary/aromatic N) is 4. The van der Waals surface area contributed by atoms with Gasteiger partial charge < -0.3 is 5.32 Å². The van der Waals surface area contributed by atoms with E-state index in [1.165, 1.54) is 0 Å². The number of benzene rings is 1. The topological polar surface area (TPSA) is 90.3 Å². The van der Waals surface area contributed by atoms with E-state index in [2.05, 4.69) is 25.9 Å². The summed E-state index contributed by atoms with van der Waals surface area (Å²) in [5.41, 5.74) is 1.25. The van der Waals surface area contributed by atoms with Crippen molar-refractivity contribution in [1.29, 1.82) is 5.26 Å². The second-order valence-corrected chi connectivity index (χ2v) is 3.85. The van der Waals surface area contributed by atoms with Crippen molar-refractivity contribution in [2.45, 2.75) is 13.0 Å². The molecule has 6 nitrogen and oxygen atoms in total. The first-order chi connectivity index (χ1) is 8.20. The highest BCUT2D eigenvalue weighted by atomic mass is 35.5. The van der Waals surface area contributed by atoms with Crippen LogP contribution in [-0.2, 0) is 0 Å². The first-order valence-electron chi connectivity index (χ1n) is 4.90. The fourth-order valence-electron chi connectivity index (χ4n) is 1.35. The molecule has 0 saturated carbocycles. The molecule has 1 unspecified atom stereocenters. The summed E-state index contributed by atoms with van der Waals surface area (Å²) in [7, 11) is 0. The number of nitriles is 1. The third-order valence-electron chi connectivity index (χ3n) is 2.22. The zero-order chi connectivity index (χ0) is 12.3. The summed E-state index contributed by atoms with van der Waals surface area (Å²) in [5, 5.41) is 26.0. The van der Waals surface area contributed by atoms with Gasteiger partial charge in [0.05, 0.1) is 28.4 Å². The number of nitrogens with one attached hydrogen (secondary N) is 2. The lowest BCUT2D eigenvalue weighted by molar-refractivity contribution is 0.793. The molecule has 0 spiro atoms. The van der Waals surface area contributed by atoms with Crippen molar-refractivity contribution in [3.63, 3.8) is 0 Å². The minimum atomic E-state index is -0.126. The first kappa shape index (κ1) is 11.4. The molecule has 17 heavy (non-hydrogen) atoms. The molecule has 0 aliphatic carbocycles. The fourth-order valence-corrected chi connectivity index (χ4v) is 1.59. The van der Waals surface area contributed by atoms with Crippen molar-refractivity contribution in [3.8, 4) is 6.07 Å². The number of rotatable bonds is 3. The highest BCUT2D eigenvalue weighted by Crippen LogP contribution is 2.25. The van der Waals surface area contributed by atoms with E-state index in [4.69, 9.17) is 16.9 Å². The quantitative estimate of drug-likeness (QED) is 0.866. The van der Waals surface area contributed by atoms with Crippen LogP contribution in [-0.4, -0.2) is 20.6 Å². The van der Waals surface area contributed by atoms with Crippen LogP contribution in [0.25, 0.3) is 0 Å². The van der Waals surface area contributed by atoms with E-state index in [1.807, 2.05) is 13.0 Å². The van der Waals surface area contributed by atoms with Gasteiger partial charge in [-0.1, -0.05) is 16.8 Å². The van der Waals surface area contributed by atoms with E-state index >= 15 is 0 Å². The van der Waals surface area contributed by atoms with Gasteiger partial charge in [0.15, 0.2) is 5.82 Å². The van der Waals surface area contributed by atoms with Crippen LogP contribution in [0.3, 0.4) is 0 Å². The molecule has 0 aliphatic heterocycles. The van der Waals surface area contributed by atoms with Crippen LogP contribution in [0.4, 0.5) is 5.69 Å². The van der Waals surface area contributed by atoms with Crippen molar-refractivity contribution in [1.82, 2.24) is 20.6 Å². The zero-order valence-electron chi connectivity index (χ0n) is 8.98. The van der Waals surface area contributed by atoms with Crippen LogP contribution in [0.1, 0.15) is 24.4 Å². The van der Waals surface area contributed by atoms with Crippen molar-refractivity contribution >= 4 is 17.3 Å².